The number of rotatable bonds is 2. The maximum Gasteiger partial charge on any atom is 0.123 e. The molecule has 3 rings (SSSR count). The van der Waals surface area contributed by atoms with Gasteiger partial charge in [0.2, 0.25) is 0 Å². The summed E-state index contributed by atoms with van der Waals surface area (Å²) in [5, 5.41) is 7.41. The van der Waals surface area contributed by atoms with E-state index in [1.165, 1.54) is 19.3 Å². The molecule has 3 N–H and O–H groups in total. The van der Waals surface area contributed by atoms with Gasteiger partial charge in [-0.1, -0.05) is 13.3 Å². The Morgan fingerprint density at radius 2 is 2.24 bits per heavy atom. The lowest BCUT2D eigenvalue weighted by molar-refractivity contribution is 0.265. The normalized spacial score (nSPS) is 17.7. The monoisotopic (exact) mass is 228 g/mol. The van der Waals surface area contributed by atoms with Crippen LogP contribution < -0.4 is 5.73 Å². The molecule has 0 radical (unpaired) electrons. The molecule has 2 aromatic heterocycles. The second-order valence-corrected chi connectivity index (χ2v) is 5.03. The van der Waals surface area contributed by atoms with Crippen LogP contribution >= 0.6 is 0 Å². The van der Waals surface area contributed by atoms with Gasteiger partial charge >= 0.3 is 0 Å². The number of nitrogens with zero attached hydrogens (tertiary/aromatic N) is 2. The molecule has 0 aliphatic heterocycles. The lowest BCUT2D eigenvalue weighted by Gasteiger charge is -2.37. The Bertz CT molecular complexity index is 540. The number of H-pyrrole nitrogens is 1. The number of nitrogens with two attached hydrogens (primary N) is 1. The summed E-state index contributed by atoms with van der Waals surface area (Å²) in [5.74, 6) is 0.549. The van der Waals surface area contributed by atoms with Gasteiger partial charge in [0.1, 0.15) is 5.82 Å². The number of pyridine rings is 1. The van der Waals surface area contributed by atoms with E-state index in [4.69, 9.17) is 5.73 Å². The summed E-state index contributed by atoms with van der Waals surface area (Å²) in [6.07, 6.45) is 7.41. The molecule has 1 saturated carbocycles. The number of aromatic nitrogens is 3. The molecule has 2 heterocycles. The molecule has 4 heteroatoms. The summed E-state index contributed by atoms with van der Waals surface area (Å²) in [6, 6.07) is 3.88. The van der Waals surface area contributed by atoms with E-state index in [9.17, 15) is 0 Å². The number of nitrogen functional groups attached to an aromatic ring is 1. The van der Waals surface area contributed by atoms with E-state index in [1.54, 1.807) is 6.20 Å². The summed E-state index contributed by atoms with van der Waals surface area (Å²) in [6.45, 7) is 2.28. The van der Waals surface area contributed by atoms with Crippen molar-refractivity contribution >= 4 is 5.82 Å². The van der Waals surface area contributed by atoms with E-state index in [0.717, 1.165) is 16.8 Å². The van der Waals surface area contributed by atoms with E-state index >= 15 is 0 Å². The second-order valence-electron chi connectivity index (χ2n) is 5.03. The van der Waals surface area contributed by atoms with Gasteiger partial charge in [0.05, 0.1) is 5.69 Å². The Kier molecular flexibility index (Phi) is 2.18. The second kappa shape index (κ2) is 3.58. The minimum absolute atomic E-state index is 0.230. The number of anilines is 1. The molecule has 1 aliphatic rings. The van der Waals surface area contributed by atoms with E-state index in [-0.39, 0.29) is 5.41 Å². The minimum atomic E-state index is 0.230. The van der Waals surface area contributed by atoms with Crippen molar-refractivity contribution < 1.29 is 0 Å². The zero-order chi connectivity index (χ0) is 11.9. The Balaban J connectivity index is 2.07. The number of hydrogen-bond donors (Lipinski definition) is 2. The van der Waals surface area contributed by atoms with Gasteiger partial charge in [-0.2, -0.15) is 5.10 Å². The summed E-state index contributed by atoms with van der Waals surface area (Å²) in [7, 11) is 0. The molecule has 0 atom stereocenters. The number of aromatic amines is 1. The highest BCUT2D eigenvalue weighted by molar-refractivity contribution is 5.68. The molecular weight excluding hydrogens is 212 g/mol. The third kappa shape index (κ3) is 1.60. The molecule has 0 amide bonds. The van der Waals surface area contributed by atoms with Crippen LogP contribution in [0.4, 0.5) is 5.82 Å². The van der Waals surface area contributed by atoms with Crippen molar-refractivity contribution in [1.82, 2.24) is 15.2 Å². The molecule has 2 aromatic rings. The summed E-state index contributed by atoms with van der Waals surface area (Å²) >= 11 is 0. The van der Waals surface area contributed by atoms with Crippen molar-refractivity contribution in [3.8, 4) is 11.1 Å². The van der Waals surface area contributed by atoms with Crippen LogP contribution in [0.3, 0.4) is 0 Å². The third-order valence-electron chi connectivity index (χ3n) is 3.76. The topological polar surface area (TPSA) is 67.6 Å². The molecule has 17 heavy (non-hydrogen) atoms. The van der Waals surface area contributed by atoms with E-state index in [1.807, 2.05) is 18.3 Å². The maximum absolute atomic E-state index is 5.73. The van der Waals surface area contributed by atoms with Crippen LogP contribution in [0.15, 0.2) is 24.5 Å². The Labute approximate surface area is 100 Å². The quantitative estimate of drug-likeness (QED) is 0.829. The molecule has 0 saturated heterocycles. The highest BCUT2D eigenvalue weighted by Gasteiger charge is 2.37. The van der Waals surface area contributed by atoms with E-state index < -0.39 is 0 Å². The van der Waals surface area contributed by atoms with Crippen LogP contribution in [0.25, 0.3) is 11.1 Å². The fourth-order valence-electron chi connectivity index (χ4n) is 2.53. The van der Waals surface area contributed by atoms with Gasteiger partial charge in [-0.3, -0.25) is 5.10 Å². The molecule has 0 bridgehead atoms. The standard InChI is InChI=1S/C13H16N4/c1-13(4-2-5-13)12-10(8-16-17-12)9-3-6-15-11(14)7-9/h3,6-8H,2,4-5H2,1H3,(H2,14,15)(H,16,17). The van der Waals surface area contributed by atoms with Gasteiger partial charge < -0.3 is 5.73 Å². The Hall–Kier alpha value is -1.84. The smallest absolute Gasteiger partial charge is 0.123 e. The van der Waals surface area contributed by atoms with Gasteiger partial charge in [-0.25, -0.2) is 4.98 Å². The van der Waals surface area contributed by atoms with Crippen molar-refractivity contribution in [3.63, 3.8) is 0 Å². The van der Waals surface area contributed by atoms with Gasteiger partial charge in [-0.05, 0) is 30.5 Å². The Morgan fingerprint density at radius 1 is 1.41 bits per heavy atom. The highest BCUT2D eigenvalue weighted by atomic mass is 15.1. The van der Waals surface area contributed by atoms with Gasteiger partial charge in [0.15, 0.2) is 0 Å². The summed E-state index contributed by atoms with van der Waals surface area (Å²) < 4.78 is 0. The van der Waals surface area contributed by atoms with Crippen LogP contribution in [-0.4, -0.2) is 15.2 Å². The number of hydrogen-bond acceptors (Lipinski definition) is 3. The highest BCUT2D eigenvalue weighted by Crippen LogP contribution is 2.45. The molecule has 0 unspecified atom stereocenters. The molecule has 1 aliphatic carbocycles. The van der Waals surface area contributed by atoms with Crippen molar-refractivity contribution in [2.45, 2.75) is 31.6 Å². The van der Waals surface area contributed by atoms with E-state index in [2.05, 4.69) is 22.1 Å². The van der Waals surface area contributed by atoms with Gasteiger partial charge in [-0.15, -0.1) is 0 Å². The van der Waals surface area contributed by atoms with Crippen LogP contribution in [0.1, 0.15) is 31.9 Å². The summed E-state index contributed by atoms with van der Waals surface area (Å²) in [4.78, 5) is 4.02. The van der Waals surface area contributed by atoms with Gasteiger partial charge in [0.25, 0.3) is 0 Å². The predicted molar refractivity (Wildman–Crippen MR) is 67.4 cm³/mol. The van der Waals surface area contributed by atoms with Crippen LogP contribution in [0, 0.1) is 0 Å². The SMILES string of the molecule is CC1(c2n[nH]cc2-c2ccnc(N)c2)CCC1. The zero-order valence-corrected chi connectivity index (χ0v) is 9.90. The minimum Gasteiger partial charge on any atom is -0.384 e. The average Bonchev–Trinajstić information content (AvgIpc) is 2.75. The molecule has 0 spiro atoms. The summed E-state index contributed by atoms with van der Waals surface area (Å²) in [5.41, 5.74) is 9.37. The largest absolute Gasteiger partial charge is 0.384 e. The van der Waals surface area contributed by atoms with Crippen molar-refractivity contribution in [3.05, 3.63) is 30.2 Å². The van der Waals surface area contributed by atoms with E-state index in [0.29, 0.717) is 5.82 Å². The fraction of sp³-hybridized carbons (Fsp3) is 0.385. The number of nitrogens with one attached hydrogen (secondary N) is 1. The molecule has 0 aromatic carbocycles. The molecular formula is C13H16N4. The van der Waals surface area contributed by atoms with Gasteiger partial charge in [0, 0.05) is 23.4 Å². The van der Waals surface area contributed by atoms with Crippen LogP contribution in [-0.2, 0) is 5.41 Å². The molecule has 1 fully saturated rings. The van der Waals surface area contributed by atoms with Crippen molar-refractivity contribution in [2.24, 2.45) is 0 Å². The first-order valence-electron chi connectivity index (χ1n) is 5.95. The lowest BCUT2D eigenvalue weighted by Crippen LogP contribution is -2.31. The third-order valence-corrected chi connectivity index (χ3v) is 3.76. The lowest BCUT2D eigenvalue weighted by atomic mass is 9.67. The van der Waals surface area contributed by atoms with Crippen molar-refractivity contribution in [2.75, 3.05) is 5.73 Å². The van der Waals surface area contributed by atoms with Crippen LogP contribution in [0.2, 0.25) is 0 Å². The Morgan fingerprint density at radius 3 is 2.88 bits per heavy atom. The fourth-order valence-corrected chi connectivity index (χ4v) is 2.53. The maximum atomic E-state index is 5.73. The first-order chi connectivity index (χ1) is 8.19. The first kappa shape index (κ1) is 10.3. The predicted octanol–water partition coefficient (Wildman–Crippen LogP) is 2.50. The molecule has 88 valence electrons. The van der Waals surface area contributed by atoms with Crippen LogP contribution in [0.5, 0.6) is 0 Å². The first-order valence-corrected chi connectivity index (χ1v) is 5.95. The van der Waals surface area contributed by atoms with Crippen molar-refractivity contribution in [1.29, 1.82) is 0 Å². The molecule has 4 nitrogen and oxygen atoms in total. The zero-order valence-electron chi connectivity index (χ0n) is 9.90. The average molecular weight is 228 g/mol.